The number of methoxy groups -OCH3 is 1. The number of halogens is 1. The summed E-state index contributed by atoms with van der Waals surface area (Å²) in [5.41, 5.74) is 1.01. The molecule has 4 heteroatoms. The lowest BCUT2D eigenvalue weighted by molar-refractivity contribution is -0.136. The van der Waals surface area contributed by atoms with E-state index in [4.69, 9.17) is 9.47 Å². The number of carbonyl (C=O) groups is 1. The molecule has 0 amide bonds. The lowest BCUT2D eigenvalue weighted by Gasteiger charge is -2.10. The van der Waals surface area contributed by atoms with Crippen LogP contribution in [0.1, 0.15) is 26.3 Å². The zero-order chi connectivity index (χ0) is 14.4. The van der Waals surface area contributed by atoms with Crippen LogP contribution in [0.3, 0.4) is 0 Å². The minimum atomic E-state index is -0.459. The van der Waals surface area contributed by atoms with Crippen LogP contribution in [0.4, 0.5) is 4.39 Å². The Hall–Kier alpha value is -1.84. The smallest absolute Gasteiger partial charge is 0.338 e. The molecule has 0 bridgehead atoms. The number of hydrogen-bond donors (Lipinski definition) is 0. The largest absolute Gasteiger partial charge is 0.494 e. The third-order valence-electron chi connectivity index (χ3n) is 2.46. The highest BCUT2D eigenvalue weighted by Crippen LogP contribution is 2.25. The molecular weight excluding hydrogens is 247 g/mol. The predicted octanol–water partition coefficient (Wildman–Crippen LogP) is 3.44. The molecule has 1 aromatic carbocycles. The Morgan fingerprint density at radius 3 is 2.63 bits per heavy atom. The Balaban J connectivity index is 3.21. The standard InChI is InChI=1S/C15H19FO3/c1-5-19-15(17)12(8-10(2)3)11-6-7-13(16)14(9-11)18-4/h6-10H,5H2,1-4H3/b12-8+. The van der Waals surface area contributed by atoms with E-state index in [1.807, 2.05) is 13.8 Å². The third kappa shape index (κ3) is 4.09. The Morgan fingerprint density at radius 2 is 2.11 bits per heavy atom. The first kappa shape index (κ1) is 15.2. The van der Waals surface area contributed by atoms with Crippen molar-refractivity contribution in [3.8, 4) is 5.75 Å². The predicted molar refractivity (Wildman–Crippen MR) is 72.4 cm³/mol. The molecule has 0 saturated heterocycles. The van der Waals surface area contributed by atoms with Gasteiger partial charge in [-0.3, -0.25) is 0 Å². The molecule has 0 N–H and O–H groups in total. The molecule has 0 aliphatic rings. The minimum absolute atomic E-state index is 0.108. The summed E-state index contributed by atoms with van der Waals surface area (Å²) in [6, 6.07) is 4.32. The second kappa shape index (κ2) is 6.92. The van der Waals surface area contributed by atoms with Crippen molar-refractivity contribution in [3.05, 3.63) is 35.7 Å². The van der Waals surface area contributed by atoms with Gasteiger partial charge in [-0.25, -0.2) is 9.18 Å². The zero-order valence-electron chi connectivity index (χ0n) is 11.7. The van der Waals surface area contributed by atoms with E-state index >= 15 is 0 Å². The lowest BCUT2D eigenvalue weighted by atomic mass is 10.0. The highest BCUT2D eigenvalue weighted by atomic mass is 19.1. The van der Waals surface area contributed by atoms with Crippen LogP contribution >= 0.6 is 0 Å². The summed E-state index contributed by atoms with van der Waals surface area (Å²) in [6.45, 7) is 5.96. The molecule has 0 heterocycles. The average molecular weight is 266 g/mol. The molecule has 0 aliphatic carbocycles. The van der Waals surface area contributed by atoms with Crippen molar-refractivity contribution in [1.82, 2.24) is 0 Å². The van der Waals surface area contributed by atoms with Gasteiger partial charge in [0, 0.05) is 0 Å². The van der Waals surface area contributed by atoms with Crippen LogP contribution < -0.4 is 4.74 Å². The summed E-state index contributed by atoms with van der Waals surface area (Å²) in [7, 11) is 1.39. The third-order valence-corrected chi connectivity index (χ3v) is 2.46. The van der Waals surface area contributed by atoms with Gasteiger partial charge in [0.1, 0.15) is 0 Å². The molecule has 0 saturated carbocycles. The van der Waals surface area contributed by atoms with Gasteiger partial charge in [-0.2, -0.15) is 0 Å². The van der Waals surface area contributed by atoms with Crippen LogP contribution in [-0.4, -0.2) is 19.7 Å². The van der Waals surface area contributed by atoms with Gasteiger partial charge in [0.2, 0.25) is 0 Å². The first-order valence-electron chi connectivity index (χ1n) is 6.22. The fourth-order valence-corrected chi connectivity index (χ4v) is 1.65. The van der Waals surface area contributed by atoms with Crippen molar-refractivity contribution in [2.45, 2.75) is 20.8 Å². The number of allylic oxidation sites excluding steroid dienone is 1. The van der Waals surface area contributed by atoms with E-state index in [1.165, 1.54) is 19.2 Å². The van der Waals surface area contributed by atoms with Crippen LogP contribution in [0.15, 0.2) is 24.3 Å². The van der Waals surface area contributed by atoms with Gasteiger partial charge in [-0.05, 0) is 30.5 Å². The molecule has 19 heavy (non-hydrogen) atoms. The van der Waals surface area contributed by atoms with E-state index in [-0.39, 0.29) is 11.7 Å². The van der Waals surface area contributed by atoms with Crippen LogP contribution in [0.2, 0.25) is 0 Å². The molecule has 104 valence electrons. The van der Waals surface area contributed by atoms with Crippen LogP contribution in [0, 0.1) is 11.7 Å². The molecule has 3 nitrogen and oxygen atoms in total. The fourth-order valence-electron chi connectivity index (χ4n) is 1.65. The van der Waals surface area contributed by atoms with Crippen molar-refractivity contribution in [1.29, 1.82) is 0 Å². The number of rotatable bonds is 5. The van der Waals surface area contributed by atoms with Gasteiger partial charge in [-0.1, -0.05) is 26.0 Å². The van der Waals surface area contributed by atoms with Gasteiger partial charge in [0.25, 0.3) is 0 Å². The number of ether oxygens (including phenoxy) is 2. The molecular formula is C15H19FO3. The van der Waals surface area contributed by atoms with Crippen LogP contribution in [0.5, 0.6) is 5.75 Å². The number of benzene rings is 1. The molecule has 0 atom stereocenters. The van der Waals surface area contributed by atoms with Gasteiger partial charge >= 0.3 is 5.97 Å². The Bertz CT molecular complexity index is 478. The van der Waals surface area contributed by atoms with Gasteiger partial charge in [-0.15, -0.1) is 0 Å². The first-order valence-corrected chi connectivity index (χ1v) is 6.22. The summed E-state index contributed by atoms with van der Waals surface area (Å²) in [6.07, 6.45) is 1.80. The molecule has 0 aromatic heterocycles. The van der Waals surface area contributed by atoms with E-state index in [0.717, 1.165) is 0 Å². The van der Waals surface area contributed by atoms with Gasteiger partial charge in [0.05, 0.1) is 19.3 Å². The molecule has 1 rings (SSSR count). The molecule has 0 fully saturated rings. The number of esters is 1. The highest BCUT2D eigenvalue weighted by molar-refractivity contribution is 6.16. The Labute approximate surface area is 113 Å². The van der Waals surface area contributed by atoms with Crippen molar-refractivity contribution in [3.63, 3.8) is 0 Å². The maximum atomic E-state index is 13.4. The van der Waals surface area contributed by atoms with E-state index in [2.05, 4.69) is 0 Å². The number of carbonyl (C=O) groups excluding carboxylic acids is 1. The summed E-state index contributed by atoms with van der Waals surface area (Å²) in [5.74, 6) is -0.587. The highest BCUT2D eigenvalue weighted by Gasteiger charge is 2.15. The summed E-state index contributed by atoms with van der Waals surface area (Å²) >= 11 is 0. The summed E-state index contributed by atoms with van der Waals surface area (Å²) in [5, 5.41) is 0. The second-order valence-electron chi connectivity index (χ2n) is 4.39. The monoisotopic (exact) mass is 266 g/mol. The van der Waals surface area contributed by atoms with E-state index < -0.39 is 11.8 Å². The van der Waals surface area contributed by atoms with Crippen molar-refractivity contribution in [2.24, 2.45) is 5.92 Å². The first-order chi connectivity index (χ1) is 8.99. The SMILES string of the molecule is CCOC(=O)/C(=C/C(C)C)c1ccc(F)c(OC)c1. The molecule has 0 unspecified atom stereocenters. The van der Waals surface area contributed by atoms with E-state index in [0.29, 0.717) is 17.7 Å². The average Bonchev–Trinajstić information content (AvgIpc) is 2.37. The van der Waals surface area contributed by atoms with Gasteiger partial charge in [0.15, 0.2) is 11.6 Å². The summed E-state index contributed by atoms with van der Waals surface area (Å²) < 4.78 is 23.3. The van der Waals surface area contributed by atoms with Crippen molar-refractivity contribution >= 4 is 11.5 Å². The van der Waals surface area contributed by atoms with E-state index in [1.54, 1.807) is 19.1 Å². The van der Waals surface area contributed by atoms with E-state index in [9.17, 15) is 9.18 Å². The molecule has 0 aliphatic heterocycles. The van der Waals surface area contributed by atoms with Crippen LogP contribution in [0.25, 0.3) is 5.57 Å². The fraction of sp³-hybridized carbons (Fsp3) is 0.400. The Kier molecular flexibility index (Phi) is 5.55. The van der Waals surface area contributed by atoms with Crippen molar-refractivity contribution < 1.29 is 18.7 Å². The summed E-state index contributed by atoms with van der Waals surface area (Å²) in [4.78, 5) is 11.9. The minimum Gasteiger partial charge on any atom is -0.494 e. The zero-order valence-corrected chi connectivity index (χ0v) is 11.7. The lowest BCUT2D eigenvalue weighted by Crippen LogP contribution is -2.08. The molecule has 0 spiro atoms. The topological polar surface area (TPSA) is 35.5 Å². The molecule has 0 radical (unpaired) electrons. The molecule has 1 aromatic rings. The maximum absolute atomic E-state index is 13.4. The maximum Gasteiger partial charge on any atom is 0.338 e. The normalized spacial score (nSPS) is 11.6. The van der Waals surface area contributed by atoms with Crippen LogP contribution in [-0.2, 0) is 9.53 Å². The second-order valence-corrected chi connectivity index (χ2v) is 4.39. The quantitative estimate of drug-likeness (QED) is 0.605. The Morgan fingerprint density at radius 1 is 1.42 bits per heavy atom. The van der Waals surface area contributed by atoms with Crippen molar-refractivity contribution in [2.75, 3.05) is 13.7 Å². The van der Waals surface area contributed by atoms with Gasteiger partial charge < -0.3 is 9.47 Å². The number of hydrogen-bond acceptors (Lipinski definition) is 3.